The van der Waals surface area contributed by atoms with Gasteiger partial charge in [0.15, 0.2) is 0 Å². The number of benzene rings is 1. The van der Waals surface area contributed by atoms with Crippen LogP contribution in [0.25, 0.3) is 5.57 Å². The van der Waals surface area contributed by atoms with Crippen molar-refractivity contribution in [3.05, 3.63) is 34.9 Å². The molecule has 2 aliphatic rings. The van der Waals surface area contributed by atoms with Crippen molar-refractivity contribution in [2.45, 2.75) is 33.6 Å². The van der Waals surface area contributed by atoms with Crippen molar-refractivity contribution >= 4 is 17.3 Å². The number of esters is 1. The number of hydrogen-bond donors (Lipinski definition) is 1. The van der Waals surface area contributed by atoms with E-state index in [2.05, 4.69) is 18.8 Å². The highest BCUT2D eigenvalue weighted by molar-refractivity contribution is 6.35. The largest absolute Gasteiger partial charge is 0.488 e. The van der Waals surface area contributed by atoms with Gasteiger partial charge >= 0.3 is 5.97 Å². The van der Waals surface area contributed by atoms with Gasteiger partial charge in [0, 0.05) is 12.6 Å². The number of carbonyl (C=O) groups excluding carboxylic acids is 1. The molecule has 1 aliphatic heterocycles. The Bertz CT molecular complexity index is 852. The number of nitrogens with zero attached hydrogens (tertiary/aromatic N) is 2. The lowest BCUT2D eigenvalue weighted by Gasteiger charge is -2.33. The molecule has 1 aliphatic carbocycles. The summed E-state index contributed by atoms with van der Waals surface area (Å²) in [7, 11) is 1.71. The van der Waals surface area contributed by atoms with Crippen molar-refractivity contribution in [3.63, 3.8) is 0 Å². The normalized spacial score (nSPS) is 19.1. The van der Waals surface area contributed by atoms with Crippen molar-refractivity contribution in [3.8, 4) is 5.75 Å². The van der Waals surface area contributed by atoms with Gasteiger partial charge in [0.1, 0.15) is 32.0 Å². The van der Waals surface area contributed by atoms with Crippen LogP contribution in [0.2, 0.25) is 0 Å². The lowest BCUT2D eigenvalue weighted by molar-refractivity contribution is -1.11. The van der Waals surface area contributed by atoms with E-state index in [1.54, 1.807) is 7.05 Å². The van der Waals surface area contributed by atoms with Gasteiger partial charge < -0.3 is 14.2 Å². The van der Waals surface area contributed by atoms with Crippen molar-refractivity contribution in [1.82, 2.24) is 0 Å². The molecule has 0 spiro atoms. The average molecular weight is 432 g/mol. The first kappa shape index (κ1) is 23.4. The van der Waals surface area contributed by atoms with Crippen LogP contribution >= 0.6 is 0 Å². The number of morpholine rings is 1. The molecule has 0 aromatic heterocycles. The van der Waals surface area contributed by atoms with Crippen LogP contribution in [0.4, 0.5) is 0 Å². The highest BCUT2D eigenvalue weighted by Gasteiger charge is 2.36. The lowest BCUT2D eigenvalue weighted by Crippen LogP contribution is -2.54. The minimum Gasteiger partial charge on any atom is -0.488 e. The van der Waals surface area contributed by atoms with Crippen LogP contribution < -0.4 is 4.74 Å². The van der Waals surface area contributed by atoms with E-state index in [4.69, 9.17) is 14.2 Å². The molecule has 0 atom stereocenters. The third kappa shape index (κ3) is 5.00. The van der Waals surface area contributed by atoms with E-state index < -0.39 is 0 Å². The maximum absolute atomic E-state index is 12.9. The Morgan fingerprint density at radius 3 is 2.52 bits per heavy atom. The molecular formula is C24H35N2O5+. The van der Waals surface area contributed by atoms with Gasteiger partial charge in [-0.3, -0.25) is 4.99 Å². The van der Waals surface area contributed by atoms with E-state index in [-0.39, 0.29) is 16.5 Å². The monoisotopic (exact) mass is 431 g/mol. The van der Waals surface area contributed by atoms with Crippen LogP contribution in [0.15, 0.2) is 28.8 Å². The van der Waals surface area contributed by atoms with Crippen LogP contribution in [0.3, 0.4) is 0 Å². The van der Waals surface area contributed by atoms with Crippen molar-refractivity contribution in [2.75, 3.05) is 53.1 Å². The molecule has 170 valence electrons. The molecule has 0 saturated carbocycles. The molecule has 31 heavy (non-hydrogen) atoms. The zero-order chi connectivity index (χ0) is 22.4. The quantitative estimate of drug-likeness (QED) is 0.478. The van der Waals surface area contributed by atoms with E-state index >= 15 is 0 Å². The maximum atomic E-state index is 12.9. The average Bonchev–Trinajstić information content (AvgIpc) is 3.09. The molecule has 7 nitrogen and oxygen atoms in total. The standard InChI is InChI=1S/C24H35N2O5/c1-5-17(6-2)21-19-9-8-18(31-15-12-26(28)10-13-29-14-11-26)16-20(19)23(25-4)22(21)24(27)30-7-3/h8-9,16-17,28H,5-7,10-15H2,1-4H3/q+1. The van der Waals surface area contributed by atoms with Crippen LogP contribution in [0.5, 0.6) is 5.75 Å². The molecule has 1 aromatic rings. The number of hydroxylamine groups is 3. The second-order valence-corrected chi connectivity index (χ2v) is 8.03. The first-order valence-corrected chi connectivity index (χ1v) is 11.3. The molecule has 0 amide bonds. The first-order chi connectivity index (χ1) is 15.0. The number of carbonyl (C=O) groups is 1. The summed E-state index contributed by atoms with van der Waals surface area (Å²) in [6.07, 6.45) is 1.87. The lowest BCUT2D eigenvalue weighted by atomic mass is 9.88. The Hall–Kier alpha value is -2.22. The van der Waals surface area contributed by atoms with Crippen molar-refractivity contribution < 1.29 is 28.9 Å². The number of rotatable bonds is 9. The Morgan fingerprint density at radius 1 is 1.19 bits per heavy atom. The van der Waals surface area contributed by atoms with E-state index in [1.807, 2.05) is 25.1 Å². The number of hydrogen-bond acceptors (Lipinski definition) is 6. The van der Waals surface area contributed by atoms with E-state index in [1.165, 1.54) is 0 Å². The van der Waals surface area contributed by atoms with Crippen LogP contribution in [0.1, 0.15) is 44.7 Å². The summed E-state index contributed by atoms with van der Waals surface area (Å²) in [5.74, 6) is 0.640. The number of quaternary nitrogens is 1. The second-order valence-electron chi connectivity index (χ2n) is 8.03. The number of fused-ring (bicyclic) bond motifs is 1. The number of ether oxygens (including phenoxy) is 3. The molecule has 1 aromatic carbocycles. The van der Waals surface area contributed by atoms with E-state index in [0.717, 1.165) is 29.5 Å². The van der Waals surface area contributed by atoms with Crippen LogP contribution in [-0.2, 0) is 14.3 Å². The number of aliphatic imine (C=N–C) groups is 1. The molecule has 1 N–H and O–H groups in total. The summed E-state index contributed by atoms with van der Waals surface area (Å²) in [6, 6.07) is 5.91. The van der Waals surface area contributed by atoms with Crippen LogP contribution in [-0.4, -0.2) is 74.6 Å². The SMILES string of the molecule is CCOC(=O)C1=C(C(CC)CC)c2ccc(OCC[N+]3(O)CCOCC3)cc2C1=NC. The topological polar surface area (TPSA) is 77.4 Å². The van der Waals surface area contributed by atoms with E-state index in [9.17, 15) is 10.0 Å². The van der Waals surface area contributed by atoms with Gasteiger partial charge in [-0.15, -0.1) is 0 Å². The fourth-order valence-electron chi connectivity index (χ4n) is 4.44. The van der Waals surface area contributed by atoms with Crippen LogP contribution in [0, 0.1) is 5.92 Å². The molecule has 0 radical (unpaired) electrons. The Kier molecular flexibility index (Phi) is 7.86. The van der Waals surface area contributed by atoms with Gasteiger partial charge in [0.2, 0.25) is 0 Å². The zero-order valence-corrected chi connectivity index (χ0v) is 19.1. The third-order valence-corrected chi connectivity index (χ3v) is 6.22. The first-order valence-electron chi connectivity index (χ1n) is 11.3. The molecule has 0 bridgehead atoms. The second kappa shape index (κ2) is 10.4. The smallest absolute Gasteiger partial charge is 0.340 e. The molecule has 0 unspecified atom stereocenters. The fourth-order valence-corrected chi connectivity index (χ4v) is 4.44. The summed E-state index contributed by atoms with van der Waals surface area (Å²) in [4.78, 5) is 17.3. The van der Waals surface area contributed by atoms with Gasteiger partial charge in [-0.25, -0.2) is 10.0 Å². The molecular weight excluding hydrogens is 396 g/mol. The summed E-state index contributed by atoms with van der Waals surface area (Å²) >= 11 is 0. The van der Waals surface area contributed by atoms with Gasteiger partial charge in [0.05, 0.1) is 31.1 Å². The van der Waals surface area contributed by atoms with Gasteiger partial charge in [-0.2, -0.15) is 4.65 Å². The Morgan fingerprint density at radius 2 is 1.90 bits per heavy atom. The third-order valence-electron chi connectivity index (χ3n) is 6.22. The zero-order valence-electron chi connectivity index (χ0n) is 19.1. The van der Waals surface area contributed by atoms with Crippen molar-refractivity contribution in [1.29, 1.82) is 0 Å². The Balaban J connectivity index is 1.85. The highest BCUT2D eigenvalue weighted by atomic mass is 16.6. The molecule has 1 heterocycles. The molecule has 1 saturated heterocycles. The summed E-state index contributed by atoms with van der Waals surface area (Å²) in [5, 5.41) is 10.6. The predicted octanol–water partition coefficient (Wildman–Crippen LogP) is 3.49. The minimum absolute atomic E-state index is 0.0278. The number of allylic oxidation sites excluding steroid dienone is 1. The summed E-state index contributed by atoms with van der Waals surface area (Å²) < 4.78 is 16.7. The fraction of sp³-hybridized carbons (Fsp3) is 0.583. The van der Waals surface area contributed by atoms with Gasteiger partial charge in [-0.1, -0.05) is 19.9 Å². The highest BCUT2D eigenvalue weighted by Crippen LogP contribution is 2.42. The minimum atomic E-state index is -0.317. The molecule has 1 fully saturated rings. The summed E-state index contributed by atoms with van der Waals surface area (Å²) in [5.41, 5.74) is 4.21. The predicted molar refractivity (Wildman–Crippen MR) is 119 cm³/mol. The van der Waals surface area contributed by atoms with Gasteiger partial charge in [-0.05, 0) is 49.0 Å². The van der Waals surface area contributed by atoms with Crippen molar-refractivity contribution in [2.24, 2.45) is 10.9 Å². The molecule has 7 heteroatoms. The maximum Gasteiger partial charge on any atom is 0.340 e. The molecule has 3 rings (SSSR count). The summed E-state index contributed by atoms with van der Waals surface area (Å²) in [6.45, 7) is 9.59. The van der Waals surface area contributed by atoms with E-state index in [0.29, 0.717) is 63.1 Å². The Labute approximate surface area is 184 Å². The van der Waals surface area contributed by atoms with Gasteiger partial charge in [0.25, 0.3) is 0 Å².